The van der Waals surface area contributed by atoms with Gasteiger partial charge in [-0.2, -0.15) is 0 Å². The van der Waals surface area contributed by atoms with Gasteiger partial charge in [-0.05, 0) is 44.9 Å². The zero-order valence-corrected chi connectivity index (χ0v) is 10.8. The van der Waals surface area contributed by atoms with Crippen LogP contribution in [0.15, 0.2) is 0 Å². The van der Waals surface area contributed by atoms with Crippen molar-refractivity contribution in [2.75, 3.05) is 7.05 Å². The lowest BCUT2D eigenvalue weighted by Crippen LogP contribution is -2.37. The molecule has 2 nitrogen and oxygen atoms in total. The third-order valence-electron chi connectivity index (χ3n) is 3.89. The van der Waals surface area contributed by atoms with Crippen molar-refractivity contribution in [1.29, 1.82) is 0 Å². The van der Waals surface area contributed by atoms with E-state index in [2.05, 4.69) is 27.7 Å². The van der Waals surface area contributed by atoms with E-state index in [1.165, 1.54) is 6.42 Å². The molecular formula is C13H25NO. The summed E-state index contributed by atoms with van der Waals surface area (Å²) in [6.07, 6.45) is 3.44. The van der Waals surface area contributed by atoms with Crippen LogP contribution in [0.3, 0.4) is 0 Å². The van der Waals surface area contributed by atoms with Gasteiger partial charge in [-0.25, -0.2) is 0 Å². The molecule has 0 heterocycles. The first-order valence-corrected chi connectivity index (χ1v) is 6.20. The van der Waals surface area contributed by atoms with Crippen molar-refractivity contribution in [1.82, 2.24) is 4.90 Å². The van der Waals surface area contributed by atoms with E-state index in [0.717, 1.165) is 24.7 Å². The maximum absolute atomic E-state index is 12.1. The largest absolute Gasteiger partial charge is 0.343 e. The Morgan fingerprint density at radius 1 is 1.20 bits per heavy atom. The summed E-state index contributed by atoms with van der Waals surface area (Å²) in [4.78, 5) is 14.0. The van der Waals surface area contributed by atoms with Crippen molar-refractivity contribution in [3.8, 4) is 0 Å². The highest BCUT2D eigenvalue weighted by Gasteiger charge is 2.33. The van der Waals surface area contributed by atoms with E-state index < -0.39 is 0 Å². The average molecular weight is 211 g/mol. The predicted molar refractivity (Wildman–Crippen MR) is 63.6 cm³/mol. The highest BCUT2D eigenvalue weighted by molar-refractivity contribution is 5.79. The SMILES string of the molecule is CC(C)C1CCC(C(=O)N(C)C(C)C)C1. The summed E-state index contributed by atoms with van der Waals surface area (Å²) >= 11 is 0. The van der Waals surface area contributed by atoms with Crippen molar-refractivity contribution in [2.24, 2.45) is 17.8 Å². The van der Waals surface area contributed by atoms with Crippen molar-refractivity contribution in [2.45, 2.75) is 53.0 Å². The van der Waals surface area contributed by atoms with E-state index in [0.29, 0.717) is 17.9 Å². The van der Waals surface area contributed by atoms with E-state index in [-0.39, 0.29) is 0 Å². The zero-order valence-electron chi connectivity index (χ0n) is 10.8. The number of carbonyl (C=O) groups is 1. The van der Waals surface area contributed by atoms with Gasteiger partial charge in [-0.1, -0.05) is 13.8 Å². The molecular weight excluding hydrogens is 186 g/mol. The van der Waals surface area contributed by atoms with Crippen LogP contribution in [0.1, 0.15) is 47.0 Å². The van der Waals surface area contributed by atoms with Crippen LogP contribution in [-0.2, 0) is 4.79 Å². The number of nitrogens with zero attached hydrogens (tertiary/aromatic N) is 1. The standard InChI is InChI=1S/C13H25NO/c1-9(2)11-6-7-12(8-11)13(15)14(5)10(3)4/h9-12H,6-8H2,1-5H3. The summed E-state index contributed by atoms with van der Waals surface area (Å²) in [5.74, 6) is 2.14. The van der Waals surface area contributed by atoms with Crippen LogP contribution in [0.2, 0.25) is 0 Å². The fraction of sp³-hybridized carbons (Fsp3) is 0.923. The highest BCUT2D eigenvalue weighted by Crippen LogP contribution is 2.36. The van der Waals surface area contributed by atoms with E-state index in [4.69, 9.17) is 0 Å². The quantitative estimate of drug-likeness (QED) is 0.703. The van der Waals surface area contributed by atoms with Crippen LogP contribution in [-0.4, -0.2) is 23.9 Å². The van der Waals surface area contributed by atoms with Gasteiger partial charge < -0.3 is 4.90 Å². The highest BCUT2D eigenvalue weighted by atomic mass is 16.2. The number of rotatable bonds is 3. The van der Waals surface area contributed by atoms with Crippen LogP contribution in [0.25, 0.3) is 0 Å². The number of hydrogen-bond acceptors (Lipinski definition) is 1. The molecule has 1 fully saturated rings. The molecule has 0 radical (unpaired) electrons. The molecule has 88 valence electrons. The predicted octanol–water partition coefficient (Wildman–Crippen LogP) is 2.93. The Kier molecular flexibility index (Phi) is 4.18. The summed E-state index contributed by atoms with van der Waals surface area (Å²) in [6.45, 7) is 8.69. The Morgan fingerprint density at radius 3 is 2.20 bits per heavy atom. The molecule has 0 aromatic carbocycles. The molecule has 1 rings (SSSR count). The minimum atomic E-state index is 0.296. The van der Waals surface area contributed by atoms with Crippen LogP contribution in [0.4, 0.5) is 0 Å². The maximum Gasteiger partial charge on any atom is 0.225 e. The first-order chi connectivity index (χ1) is 6.93. The number of hydrogen-bond donors (Lipinski definition) is 0. The molecule has 0 spiro atoms. The van der Waals surface area contributed by atoms with Gasteiger partial charge in [0.2, 0.25) is 5.91 Å². The van der Waals surface area contributed by atoms with Gasteiger partial charge in [0.25, 0.3) is 0 Å². The topological polar surface area (TPSA) is 20.3 Å². The molecule has 2 atom stereocenters. The van der Waals surface area contributed by atoms with Crippen molar-refractivity contribution < 1.29 is 4.79 Å². The molecule has 1 saturated carbocycles. The Labute approximate surface area is 94.0 Å². The minimum Gasteiger partial charge on any atom is -0.343 e. The molecule has 2 unspecified atom stereocenters. The molecule has 1 aliphatic carbocycles. The molecule has 0 aromatic heterocycles. The van der Waals surface area contributed by atoms with Crippen molar-refractivity contribution in [3.05, 3.63) is 0 Å². The van der Waals surface area contributed by atoms with E-state index in [9.17, 15) is 4.79 Å². The molecule has 2 heteroatoms. The Bertz CT molecular complexity index is 223. The number of carbonyl (C=O) groups excluding carboxylic acids is 1. The third-order valence-corrected chi connectivity index (χ3v) is 3.89. The zero-order chi connectivity index (χ0) is 11.6. The van der Waals surface area contributed by atoms with Crippen LogP contribution < -0.4 is 0 Å². The van der Waals surface area contributed by atoms with Gasteiger partial charge in [-0.3, -0.25) is 4.79 Å². The van der Waals surface area contributed by atoms with Crippen molar-refractivity contribution in [3.63, 3.8) is 0 Å². The number of amides is 1. The van der Waals surface area contributed by atoms with Gasteiger partial charge in [0, 0.05) is 19.0 Å². The normalized spacial score (nSPS) is 26.3. The lowest BCUT2D eigenvalue weighted by atomic mass is 9.93. The molecule has 0 aromatic rings. The summed E-state index contributed by atoms with van der Waals surface area (Å²) in [5, 5.41) is 0. The Balaban J connectivity index is 2.50. The lowest BCUT2D eigenvalue weighted by Gasteiger charge is -2.25. The summed E-state index contributed by atoms with van der Waals surface area (Å²) in [7, 11) is 1.93. The van der Waals surface area contributed by atoms with Gasteiger partial charge in [0.1, 0.15) is 0 Å². The second-order valence-electron chi connectivity index (χ2n) is 5.56. The first kappa shape index (κ1) is 12.5. The van der Waals surface area contributed by atoms with E-state index >= 15 is 0 Å². The molecule has 1 aliphatic rings. The fourth-order valence-electron chi connectivity index (χ4n) is 2.39. The molecule has 15 heavy (non-hydrogen) atoms. The fourth-order valence-corrected chi connectivity index (χ4v) is 2.39. The smallest absolute Gasteiger partial charge is 0.225 e. The average Bonchev–Trinajstić information content (AvgIpc) is 2.64. The molecule has 0 saturated heterocycles. The van der Waals surface area contributed by atoms with E-state index in [1.807, 2.05) is 11.9 Å². The van der Waals surface area contributed by atoms with Gasteiger partial charge in [-0.15, -0.1) is 0 Å². The Hall–Kier alpha value is -0.530. The van der Waals surface area contributed by atoms with Crippen LogP contribution >= 0.6 is 0 Å². The summed E-state index contributed by atoms with van der Waals surface area (Å²) < 4.78 is 0. The van der Waals surface area contributed by atoms with Gasteiger partial charge >= 0.3 is 0 Å². The molecule has 1 amide bonds. The minimum absolute atomic E-state index is 0.296. The van der Waals surface area contributed by atoms with Gasteiger partial charge in [0.05, 0.1) is 0 Å². The molecule has 0 bridgehead atoms. The van der Waals surface area contributed by atoms with Crippen LogP contribution in [0, 0.1) is 17.8 Å². The molecule has 0 N–H and O–H groups in total. The van der Waals surface area contributed by atoms with Crippen molar-refractivity contribution >= 4 is 5.91 Å². The second kappa shape index (κ2) is 5.00. The van der Waals surface area contributed by atoms with E-state index in [1.54, 1.807) is 0 Å². The summed E-state index contributed by atoms with van der Waals surface area (Å²) in [6, 6.07) is 0.329. The first-order valence-electron chi connectivity index (χ1n) is 6.20. The Morgan fingerprint density at radius 2 is 1.80 bits per heavy atom. The maximum atomic E-state index is 12.1. The van der Waals surface area contributed by atoms with Crippen LogP contribution in [0.5, 0.6) is 0 Å². The second-order valence-corrected chi connectivity index (χ2v) is 5.56. The monoisotopic (exact) mass is 211 g/mol. The lowest BCUT2D eigenvalue weighted by molar-refractivity contribution is -0.135. The molecule has 0 aliphatic heterocycles. The summed E-state index contributed by atoms with van der Waals surface area (Å²) in [5.41, 5.74) is 0. The van der Waals surface area contributed by atoms with Gasteiger partial charge in [0.15, 0.2) is 0 Å². The third kappa shape index (κ3) is 2.96.